The van der Waals surface area contributed by atoms with Gasteiger partial charge in [0.1, 0.15) is 0 Å². The molecule has 1 aliphatic rings. The van der Waals surface area contributed by atoms with Crippen molar-refractivity contribution in [2.45, 2.75) is 45.7 Å². The molecule has 0 saturated carbocycles. The number of thiocarbonyl (C=S) groups is 1. The first-order chi connectivity index (χ1) is 11.1. The molecule has 2 aromatic rings. The second-order valence-corrected chi connectivity index (χ2v) is 6.59. The predicted octanol–water partition coefficient (Wildman–Crippen LogP) is 3.80. The molecular formula is C18H24N4S. The quantitative estimate of drug-likeness (QED) is 0.820. The van der Waals surface area contributed by atoms with Gasteiger partial charge in [-0.2, -0.15) is 0 Å². The fraction of sp³-hybridized carbons (Fsp3) is 0.444. The number of H-pyrrole nitrogens is 1. The van der Waals surface area contributed by atoms with Crippen LogP contribution in [0.15, 0.2) is 30.5 Å². The summed E-state index contributed by atoms with van der Waals surface area (Å²) in [4.78, 5) is 10.3. The van der Waals surface area contributed by atoms with Crippen molar-refractivity contribution in [3.63, 3.8) is 0 Å². The fourth-order valence-corrected chi connectivity index (χ4v) is 3.70. The predicted molar refractivity (Wildman–Crippen MR) is 97.3 cm³/mol. The van der Waals surface area contributed by atoms with E-state index in [0.29, 0.717) is 0 Å². The van der Waals surface area contributed by atoms with Crippen LogP contribution in [0.25, 0.3) is 0 Å². The monoisotopic (exact) mass is 328 g/mol. The number of rotatable bonds is 5. The van der Waals surface area contributed by atoms with Gasteiger partial charge in [-0.3, -0.25) is 4.98 Å². The zero-order valence-corrected chi connectivity index (χ0v) is 14.8. The van der Waals surface area contributed by atoms with E-state index in [4.69, 9.17) is 12.2 Å². The van der Waals surface area contributed by atoms with E-state index in [1.807, 2.05) is 18.3 Å². The van der Waals surface area contributed by atoms with Gasteiger partial charge in [-0.25, -0.2) is 0 Å². The molecular weight excluding hydrogens is 304 g/mol. The van der Waals surface area contributed by atoms with Crippen LogP contribution >= 0.6 is 12.2 Å². The SMILES string of the molecule is CCCCN1C(=S)N[C@@H](c2ccccn2)[C@@H]1c1cc(C)[nH]c1C. The van der Waals surface area contributed by atoms with Crippen LogP contribution in [0.5, 0.6) is 0 Å². The van der Waals surface area contributed by atoms with E-state index >= 15 is 0 Å². The van der Waals surface area contributed by atoms with Gasteiger partial charge < -0.3 is 15.2 Å². The zero-order chi connectivity index (χ0) is 16.4. The molecule has 4 nitrogen and oxygen atoms in total. The van der Waals surface area contributed by atoms with Crippen LogP contribution in [0.2, 0.25) is 0 Å². The van der Waals surface area contributed by atoms with E-state index < -0.39 is 0 Å². The molecule has 0 amide bonds. The minimum absolute atomic E-state index is 0.0921. The number of aromatic amines is 1. The highest BCUT2D eigenvalue weighted by Gasteiger charge is 2.40. The lowest BCUT2D eigenvalue weighted by atomic mass is 9.96. The number of nitrogens with one attached hydrogen (secondary N) is 2. The number of hydrogen-bond acceptors (Lipinski definition) is 2. The van der Waals surface area contributed by atoms with Crippen molar-refractivity contribution in [3.8, 4) is 0 Å². The van der Waals surface area contributed by atoms with Crippen molar-refractivity contribution in [3.05, 3.63) is 53.1 Å². The molecule has 3 heterocycles. The van der Waals surface area contributed by atoms with Gasteiger partial charge in [-0.05, 0) is 56.2 Å². The molecule has 1 fully saturated rings. The van der Waals surface area contributed by atoms with Crippen molar-refractivity contribution < 1.29 is 0 Å². The van der Waals surface area contributed by atoms with E-state index in [2.05, 4.69) is 53.1 Å². The molecule has 2 atom stereocenters. The molecule has 1 aliphatic heterocycles. The van der Waals surface area contributed by atoms with Gasteiger partial charge in [0.15, 0.2) is 5.11 Å². The first-order valence-electron chi connectivity index (χ1n) is 8.26. The Morgan fingerprint density at radius 2 is 2.13 bits per heavy atom. The van der Waals surface area contributed by atoms with Crippen LogP contribution in [0, 0.1) is 13.8 Å². The fourth-order valence-electron chi connectivity index (χ4n) is 3.37. The number of nitrogens with zero attached hydrogens (tertiary/aromatic N) is 2. The summed E-state index contributed by atoms with van der Waals surface area (Å²) in [5.41, 5.74) is 4.74. The summed E-state index contributed by atoms with van der Waals surface area (Å²) in [7, 11) is 0. The average molecular weight is 328 g/mol. The Balaban J connectivity index is 2.01. The van der Waals surface area contributed by atoms with Crippen molar-refractivity contribution in [1.29, 1.82) is 0 Å². The lowest BCUT2D eigenvalue weighted by Gasteiger charge is -2.27. The van der Waals surface area contributed by atoms with E-state index in [1.165, 1.54) is 17.0 Å². The molecule has 3 rings (SSSR count). The molecule has 2 aromatic heterocycles. The second-order valence-electron chi connectivity index (χ2n) is 6.21. The maximum Gasteiger partial charge on any atom is 0.170 e. The molecule has 0 unspecified atom stereocenters. The molecule has 2 N–H and O–H groups in total. The molecule has 0 spiro atoms. The topological polar surface area (TPSA) is 44.0 Å². The summed E-state index contributed by atoms with van der Waals surface area (Å²) in [6.07, 6.45) is 4.14. The number of hydrogen-bond donors (Lipinski definition) is 2. The van der Waals surface area contributed by atoms with Gasteiger partial charge in [0, 0.05) is 24.1 Å². The average Bonchev–Trinajstić information content (AvgIpc) is 3.05. The van der Waals surface area contributed by atoms with Crippen molar-refractivity contribution in [2.24, 2.45) is 0 Å². The highest BCUT2D eigenvalue weighted by atomic mass is 32.1. The summed E-state index contributed by atoms with van der Waals surface area (Å²) < 4.78 is 0. The lowest BCUT2D eigenvalue weighted by Crippen LogP contribution is -2.30. The number of pyridine rings is 1. The van der Waals surface area contributed by atoms with Crippen LogP contribution < -0.4 is 5.32 Å². The summed E-state index contributed by atoms with van der Waals surface area (Å²) in [6, 6.07) is 8.58. The summed E-state index contributed by atoms with van der Waals surface area (Å²) in [5, 5.41) is 4.33. The summed E-state index contributed by atoms with van der Waals surface area (Å²) in [5.74, 6) is 0. The van der Waals surface area contributed by atoms with Gasteiger partial charge in [-0.15, -0.1) is 0 Å². The van der Waals surface area contributed by atoms with Crippen molar-refractivity contribution >= 4 is 17.3 Å². The molecule has 0 aromatic carbocycles. The maximum atomic E-state index is 5.63. The Labute approximate surface area is 143 Å². The Hall–Kier alpha value is -1.88. The molecule has 0 bridgehead atoms. The van der Waals surface area contributed by atoms with Gasteiger partial charge >= 0.3 is 0 Å². The van der Waals surface area contributed by atoms with Gasteiger partial charge in [0.25, 0.3) is 0 Å². The highest BCUT2D eigenvalue weighted by Crippen LogP contribution is 2.40. The molecule has 122 valence electrons. The van der Waals surface area contributed by atoms with E-state index in [-0.39, 0.29) is 12.1 Å². The molecule has 5 heteroatoms. The number of aromatic nitrogens is 2. The van der Waals surface area contributed by atoms with Crippen LogP contribution in [0.4, 0.5) is 0 Å². The van der Waals surface area contributed by atoms with E-state index in [0.717, 1.165) is 30.2 Å². The minimum atomic E-state index is 0.0921. The molecule has 23 heavy (non-hydrogen) atoms. The van der Waals surface area contributed by atoms with Crippen LogP contribution in [-0.2, 0) is 0 Å². The van der Waals surface area contributed by atoms with Gasteiger partial charge in [0.05, 0.1) is 17.8 Å². The first-order valence-corrected chi connectivity index (χ1v) is 8.66. The molecule has 1 saturated heterocycles. The first kappa shape index (κ1) is 16.0. The van der Waals surface area contributed by atoms with Crippen LogP contribution in [-0.4, -0.2) is 26.5 Å². The minimum Gasteiger partial charge on any atom is -0.362 e. The Kier molecular flexibility index (Phi) is 4.66. The third kappa shape index (κ3) is 3.11. The highest BCUT2D eigenvalue weighted by molar-refractivity contribution is 7.80. The summed E-state index contributed by atoms with van der Waals surface area (Å²) in [6.45, 7) is 7.42. The van der Waals surface area contributed by atoms with Crippen LogP contribution in [0.3, 0.4) is 0 Å². The van der Waals surface area contributed by atoms with E-state index in [9.17, 15) is 0 Å². The smallest absolute Gasteiger partial charge is 0.170 e. The second kappa shape index (κ2) is 6.71. The zero-order valence-electron chi connectivity index (χ0n) is 14.0. The molecule has 0 aliphatic carbocycles. The Morgan fingerprint density at radius 1 is 1.30 bits per heavy atom. The normalized spacial score (nSPS) is 20.8. The van der Waals surface area contributed by atoms with Crippen molar-refractivity contribution in [2.75, 3.05) is 6.54 Å². The molecule has 0 radical (unpaired) electrons. The standard InChI is InChI=1S/C18H24N4S/c1-4-5-10-22-17(14-11-12(2)20-13(14)3)16(21-18(22)23)15-8-6-7-9-19-15/h6-9,11,16-17,20H,4-5,10H2,1-3H3,(H,21,23)/t16-,17-/m0/s1. The maximum absolute atomic E-state index is 5.63. The van der Waals surface area contributed by atoms with Gasteiger partial charge in [-0.1, -0.05) is 19.4 Å². The Bertz CT molecular complexity index is 680. The van der Waals surface area contributed by atoms with Crippen LogP contribution in [0.1, 0.15) is 54.5 Å². The largest absolute Gasteiger partial charge is 0.362 e. The third-order valence-electron chi connectivity index (χ3n) is 4.46. The Morgan fingerprint density at radius 3 is 2.74 bits per heavy atom. The number of unbranched alkanes of at least 4 members (excludes halogenated alkanes) is 1. The van der Waals surface area contributed by atoms with E-state index in [1.54, 1.807) is 0 Å². The lowest BCUT2D eigenvalue weighted by molar-refractivity contribution is 0.312. The van der Waals surface area contributed by atoms with Crippen molar-refractivity contribution in [1.82, 2.24) is 20.2 Å². The number of aryl methyl sites for hydroxylation is 2. The van der Waals surface area contributed by atoms with Gasteiger partial charge in [0.2, 0.25) is 0 Å². The summed E-state index contributed by atoms with van der Waals surface area (Å²) >= 11 is 5.63. The third-order valence-corrected chi connectivity index (χ3v) is 4.81.